The van der Waals surface area contributed by atoms with E-state index in [9.17, 15) is 15.3 Å². The summed E-state index contributed by atoms with van der Waals surface area (Å²) in [5.74, 6) is 1.32. The van der Waals surface area contributed by atoms with E-state index in [1.165, 1.54) is 37.7 Å². The summed E-state index contributed by atoms with van der Waals surface area (Å²) >= 11 is 0. The summed E-state index contributed by atoms with van der Waals surface area (Å²) < 4.78 is 0. The van der Waals surface area contributed by atoms with Crippen molar-refractivity contribution in [3.05, 3.63) is 35.5 Å². The zero-order chi connectivity index (χ0) is 26.8. The van der Waals surface area contributed by atoms with E-state index in [4.69, 9.17) is 0 Å². The van der Waals surface area contributed by atoms with Crippen molar-refractivity contribution in [2.75, 3.05) is 0 Å². The van der Waals surface area contributed by atoms with E-state index < -0.39 is 11.2 Å². The molecular weight excluding hydrogens is 444 g/mol. The third-order valence-corrected chi connectivity index (χ3v) is 9.91. The molecule has 3 aliphatic carbocycles. The van der Waals surface area contributed by atoms with E-state index in [-0.39, 0.29) is 11.5 Å². The van der Waals surface area contributed by atoms with Crippen molar-refractivity contribution in [1.29, 1.82) is 0 Å². The van der Waals surface area contributed by atoms with E-state index in [1.807, 2.05) is 27.7 Å². The maximum Gasteiger partial charge on any atom is 0.0614 e. The van der Waals surface area contributed by atoms with Crippen molar-refractivity contribution in [1.82, 2.24) is 0 Å². The molecule has 3 fully saturated rings. The van der Waals surface area contributed by atoms with Crippen molar-refractivity contribution < 1.29 is 15.3 Å². The topological polar surface area (TPSA) is 60.7 Å². The minimum absolute atomic E-state index is 0.228. The first kappa shape index (κ1) is 29.7. The molecule has 0 aromatic carbocycles. The maximum atomic E-state index is 10.4. The minimum atomic E-state index is -0.609. The fourth-order valence-electron chi connectivity index (χ4n) is 8.23. The molecule has 206 valence electrons. The Morgan fingerprint density at radius 1 is 0.917 bits per heavy atom. The molecular formula is C33H56O3. The molecule has 0 bridgehead atoms. The predicted octanol–water partition coefficient (Wildman–Crippen LogP) is 8.05. The molecule has 0 amide bonds. The quantitative estimate of drug-likeness (QED) is 0.266. The number of hydrogen-bond donors (Lipinski definition) is 3. The van der Waals surface area contributed by atoms with Crippen LogP contribution in [0.4, 0.5) is 0 Å². The van der Waals surface area contributed by atoms with Crippen LogP contribution < -0.4 is 0 Å². The Morgan fingerprint density at radius 3 is 2.08 bits per heavy atom. The molecule has 2 unspecified atom stereocenters. The fourth-order valence-corrected chi connectivity index (χ4v) is 8.23. The van der Waals surface area contributed by atoms with Crippen LogP contribution >= 0.6 is 0 Å². The predicted molar refractivity (Wildman–Crippen MR) is 152 cm³/mol. The van der Waals surface area contributed by atoms with E-state index in [0.717, 1.165) is 63.4 Å². The Labute approximate surface area is 222 Å². The van der Waals surface area contributed by atoms with Crippen LogP contribution in [0.5, 0.6) is 0 Å². The lowest BCUT2D eigenvalue weighted by Gasteiger charge is -2.50. The lowest BCUT2D eigenvalue weighted by Crippen LogP contribution is -2.41. The lowest BCUT2D eigenvalue weighted by atomic mass is 9.55. The Hall–Kier alpha value is -0.900. The van der Waals surface area contributed by atoms with Crippen molar-refractivity contribution in [2.24, 2.45) is 22.7 Å². The molecule has 4 atom stereocenters. The summed E-state index contributed by atoms with van der Waals surface area (Å²) in [6, 6.07) is 0. The van der Waals surface area contributed by atoms with E-state index in [2.05, 4.69) is 32.6 Å². The van der Waals surface area contributed by atoms with Gasteiger partial charge in [0.1, 0.15) is 0 Å². The molecule has 3 heteroatoms. The number of hydrogen-bond acceptors (Lipinski definition) is 3. The van der Waals surface area contributed by atoms with E-state index in [0.29, 0.717) is 17.3 Å². The standard InChI is InChI=1S/C33H56O3/c1-24-21-25(23-27(34)22-24)12-13-26-11-8-20-33(7)28(26)14-15-29(33)32(6,18-9-16-30(2,3)35)19-10-17-31(4,5)36/h12-13,27-29,34-36H,1,8-11,14-23H2,2-7H3/b25-12-,26-13+/t27-,28?,29?,33-/m0/s1. The number of allylic oxidation sites excluding steroid dienone is 3. The van der Waals surface area contributed by atoms with Gasteiger partial charge in [-0.05, 0) is 127 Å². The molecule has 3 saturated carbocycles. The van der Waals surface area contributed by atoms with Crippen LogP contribution in [0.15, 0.2) is 35.5 Å². The van der Waals surface area contributed by atoms with Crippen LogP contribution in [-0.2, 0) is 0 Å². The monoisotopic (exact) mass is 500 g/mol. The van der Waals surface area contributed by atoms with Crippen LogP contribution in [0.2, 0.25) is 0 Å². The van der Waals surface area contributed by atoms with Crippen molar-refractivity contribution in [3.63, 3.8) is 0 Å². The maximum absolute atomic E-state index is 10.4. The minimum Gasteiger partial charge on any atom is -0.392 e. The van der Waals surface area contributed by atoms with E-state index >= 15 is 0 Å². The molecule has 0 heterocycles. The Morgan fingerprint density at radius 2 is 1.53 bits per heavy atom. The Kier molecular flexibility index (Phi) is 9.44. The number of aliphatic hydroxyl groups is 3. The van der Waals surface area contributed by atoms with Crippen LogP contribution in [0.3, 0.4) is 0 Å². The third kappa shape index (κ3) is 7.81. The van der Waals surface area contributed by atoms with Crippen molar-refractivity contribution in [3.8, 4) is 0 Å². The van der Waals surface area contributed by atoms with Crippen LogP contribution in [0.1, 0.15) is 131 Å². The molecule has 3 N–H and O–H groups in total. The van der Waals surface area contributed by atoms with Gasteiger partial charge in [0.25, 0.3) is 0 Å². The molecule has 0 spiro atoms. The highest BCUT2D eigenvalue weighted by atomic mass is 16.3. The SMILES string of the molecule is C=C1C/C(=C/C=C2\CCC[C@@]3(C)C2CCC3C(C)(CCCC(C)(C)O)CCCC(C)(C)O)C[C@@H](O)C1. The van der Waals surface area contributed by atoms with Gasteiger partial charge in [-0.15, -0.1) is 0 Å². The third-order valence-electron chi connectivity index (χ3n) is 9.91. The molecule has 3 rings (SSSR count). The summed E-state index contributed by atoms with van der Waals surface area (Å²) in [5.41, 5.74) is 3.43. The summed E-state index contributed by atoms with van der Waals surface area (Å²) in [6.45, 7) is 17.0. The molecule has 3 nitrogen and oxygen atoms in total. The second-order valence-electron chi connectivity index (χ2n) is 14.6. The first-order chi connectivity index (χ1) is 16.6. The molecule has 0 aliphatic heterocycles. The summed E-state index contributed by atoms with van der Waals surface area (Å²) in [4.78, 5) is 0. The summed E-state index contributed by atoms with van der Waals surface area (Å²) in [6.07, 6.45) is 19.4. The van der Waals surface area contributed by atoms with Gasteiger partial charge in [-0.1, -0.05) is 62.1 Å². The lowest BCUT2D eigenvalue weighted by molar-refractivity contribution is 0.00529. The Balaban J connectivity index is 1.80. The molecule has 0 aromatic rings. The van der Waals surface area contributed by atoms with Crippen molar-refractivity contribution in [2.45, 2.75) is 149 Å². The zero-order valence-electron chi connectivity index (χ0n) is 24.3. The first-order valence-electron chi connectivity index (χ1n) is 14.8. The molecule has 0 saturated heterocycles. The van der Waals surface area contributed by atoms with E-state index in [1.54, 1.807) is 5.57 Å². The van der Waals surface area contributed by atoms with Gasteiger partial charge in [0, 0.05) is 0 Å². The number of rotatable bonds is 10. The van der Waals surface area contributed by atoms with Gasteiger partial charge in [-0.3, -0.25) is 0 Å². The zero-order valence-corrected chi connectivity index (χ0v) is 24.3. The van der Waals surface area contributed by atoms with Gasteiger partial charge in [0.15, 0.2) is 0 Å². The van der Waals surface area contributed by atoms with Gasteiger partial charge < -0.3 is 15.3 Å². The summed E-state index contributed by atoms with van der Waals surface area (Å²) in [5, 5.41) is 30.9. The average Bonchev–Trinajstić information content (AvgIpc) is 3.08. The number of aliphatic hydroxyl groups excluding tert-OH is 1. The second-order valence-corrected chi connectivity index (χ2v) is 14.6. The highest BCUT2D eigenvalue weighted by molar-refractivity contribution is 5.29. The van der Waals surface area contributed by atoms with Crippen LogP contribution in [0, 0.1) is 22.7 Å². The molecule has 36 heavy (non-hydrogen) atoms. The van der Waals surface area contributed by atoms with Gasteiger partial charge in [0.05, 0.1) is 17.3 Å². The average molecular weight is 501 g/mol. The smallest absolute Gasteiger partial charge is 0.0614 e. The largest absolute Gasteiger partial charge is 0.392 e. The van der Waals surface area contributed by atoms with Crippen molar-refractivity contribution >= 4 is 0 Å². The molecule has 0 aromatic heterocycles. The first-order valence-corrected chi connectivity index (χ1v) is 14.8. The molecule has 3 aliphatic rings. The summed E-state index contributed by atoms with van der Waals surface area (Å²) in [7, 11) is 0. The van der Waals surface area contributed by atoms with Crippen LogP contribution in [-0.4, -0.2) is 32.6 Å². The fraction of sp³-hybridized carbons (Fsp3) is 0.818. The molecule has 0 radical (unpaired) electrons. The van der Waals surface area contributed by atoms with Crippen LogP contribution in [0.25, 0.3) is 0 Å². The highest BCUT2D eigenvalue weighted by Crippen LogP contribution is 2.64. The normalized spacial score (nSPS) is 32.4. The van der Waals surface area contributed by atoms with Gasteiger partial charge >= 0.3 is 0 Å². The number of fused-ring (bicyclic) bond motifs is 1. The highest BCUT2D eigenvalue weighted by Gasteiger charge is 2.54. The van der Waals surface area contributed by atoms with Gasteiger partial charge in [-0.25, -0.2) is 0 Å². The van der Waals surface area contributed by atoms with Gasteiger partial charge in [0.2, 0.25) is 0 Å². The van der Waals surface area contributed by atoms with Gasteiger partial charge in [-0.2, -0.15) is 0 Å². The second kappa shape index (κ2) is 11.5. The Bertz CT molecular complexity index is 801.